The molecule has 0 radical (unpaired) electrons. The average molecular weight is 446 g/mol. The van der Waals surface area contributed by atoms with Crippen LogP contribution in [0.1, 0.15) is 32.7 Å². The van der Waals surface area contributed by atoms with Crippen LogP contribution in [0.5, 0.6) is 11.5 Å². The van der Waals surface area contributed by atoms with E-state index in [0.717, 1.165) is 22.6 Å². The van der Waals surface area contributed by atoms with Gasteiger partial charge in [0, 0.05) is 6.20 Å². The Morgan fingerprint density at radius 2 is 1.48 bits per heavy atom. The third-order valence-corrected chi connectivity index (χ3v) is 5.13. The molecule has 0 unspecified atom stereocenters. The van der Waals surface area contributed by atoms with Crippen LogP contribution in [0.15, 0.2) is 61.1 Å². The van der Waals surface area contributed by atoms with E-state index in [4.69, 9.17) is 9.47 Å². The molecule has 8 heteroatoms. The Morgan fingerprint density at radius 3 is 2.09 bits per heavy atom. The first-order valence-electron chi connectivity index (χ1n) is 10.6. The quantitative estimate of drug-likeness (QED) is 0.427. The van der Waals surface area contributed by atoms with Crippen molar-refractivity contribution in [1.29, 1.82) is 0 Å². The summed E-state index contributed by atoms with van der Waals surface area (Å²) in [5.74, 6) is 1.27. The third kappa shape index (κ3) is 5.60. The van der Waals surface area contributed by atoms with E-state index in [1.165, 1.54) is 11.1 Å². The second-order valence-corrected chi connectivity index (χ2v) is 8.05. The number of aryl methyl sites for hydroxylation is 4. The number of hydrogen-bond acceptors (Lipinski definition) is 5. The van der Waals surface area contributed by atoms with Crippen LogP contribution in [0.2, 0.25) is 0 Å². The molecule has 2 aromatic carbocycles. The second kappa shape index (κ2) is 9.60. The van der Waals surface area contributed by atoms with Crippen LogP contribution in [0.4, 0.5) is 5.69 Å². The van der Waals surface area contributed by atoms with Crippen LogP contribution in [0, 0.1) is 27.7 Å². The lowest BCUT2D eigenvalue weighted by molar-refractivity contribution is 0.102. The topological polar surface area (TPSA) is 83.2 Å². The van der Waals surface area contributed by atoms with Crippen LogP contribution in [-0.4, -0.2) is 25.5 Å². The predicted octanol–water partition coefficient (Wildman–Crippen LogP) is 4.64. The molecule has 2 heterocycles. The number of nitrogens with one attached hydrogen (secondary N) is 1. The zero-order valence-corrected chi connectivity index (χ0v) is 19.2. The first kappa shape index (κ1) is 22.1. The largest absolute Gasteiger partial charge is 0.471 e. The summed E-state index contributed by atoms with van der Waals surface area (Å²) in [6, 6.07) is 13.6. The Balaban J connectivity index is 1.30. The van der Waals surface area contributed by atoms with Gasteiger partial charge in [-0.15, -0.1) is 0 Å². The molecule has 2 aromatic heterocycles. The Kier molecular flexibility index (Phi) is 6.44. The maximum Gasteiger partial charge on any atom is 0.276 e. The van der Waals surface area contributed by atoms with E-state index in [9.17, 15) is 4.79 Å². The van der Waals surface area contributed by atoms with E-state index in [2.05, 4.69) is 27.6 Å². The van der Waals surface area contributed by atoms with Crippen molar-refractivity contribution in [3.8, 4) is 11.5 Å². The van der Waals surface area contributed by atoms with Gasteiger partial charge in [-0.2, -0.15) is 10.2 Å². The number of anilines is 1. The van der Waals surface area contributed by atoms with Gasteiger partial charge in [0.05, 0.1) is 18.1 Å². The lowest BCUT2D eigenvalue weighted by Gasteiger charge is -2.09. The van der Waals surface area contributed by atoms with E-state index in [1.807, 2.05) is 52.0 Å². The van der Waals surface area contributed by atoms with Crippen molar-refractivity contribution in [3.63, 3.8) is 0 Å². The molecule has 0 bridgehead atoms. The molecule has 0 aliphatic carbocycles. The summed E-state index contributed by atoms with van der Waals surface area (Å²) in [6.45, 7) is 8.53. The smallest absolute Gasteiger partial charge is 0.276 e. The summed E-state index contributed by atoms with van der Waals surface area (Å²) in [7, 11) is 0. The molecule has 0 aliphatic heterocycles. The van der Waals surface area contributed by atoms with E-state index in [0.29, 0.717) is 11.4 Å². The Bertz CT molecular complexity index is 1270. The molecule has 170 valence electrons. The molecule has 0 spiro atoms. The maximum atomic E-state index is 12.6. The Hall–Kier alpha value is -4.07. The summed E-state index contributed by atoms with van der Waals surface area (Å²) < 4.78 is 14.8. The molecule has 0 atom stereocenters. The summed E-state index contributed by atoms with van der Waals surface area (Å²) in [4.78, 5) is 12.6. The number of aromatic nitrogens is 4. The number of benzene rings is 2. The minimum atomic E-state index is -0.324. The summed E-state index contributed by atoms with van der Waals surface area (Å²) in [5, 5.41) is 11.3. The van der Waals surface area contributed by atoms with Crippen LogP contribution in [0.25, 0.3) is 0 Å². The zero-order chi connectivity index (χ0) is 23.4. The minimum Gasteiger partial charge on any atom is -0.471 e. The van der Waals surface area contributed by atoms with Gasteiger partial charge in [-0.05, 0) is 57.0 Å². The molecule has 4 rings (SSSR count). The first-order valence-corrected chi connectivity index (χ1v) is 10.6. The lowest BCUT2D eigenvalue weighted by atomic mass is 10.1. The van der Waals surface area contributed by atoms with Gasteiger partial charge in [-0.25, -0.2) is 9.36 Å². The molecular formula is C25H27N5O3. The maximum absolute atomic E-state index is 12.6. The monoisotopic (exact) mass is 445 g/mol. The fourth-order valence-electron chi connectivity index (χ4n) is 3.44. The third-order valence-electron chi connectivity index (χ3n) is 5.13. The van der Waals surface area contributed by atoms with E-state index in [-0.39, 0.29) is 19.4 Å². The van der Waals surface area contributed by atoms with Crippen molar-refractivity contribution in [1.82, 2.24) is 19.6 Å². The number of amides is 1. The highest BCUT2D eigenvalue weighted by molar-refractivity contribution is 6.02. The van der Waals surface area contributed by atoms with E-state index < -0.39 is 0 Å². The molecule has 0 fully saturated rings. The second-order valence-electron chi connectivity index (χ2n) is 8.05. The first-order chi connectivity index (χ1) is 15.9. The highest BCUT2D eigenvalue weighted by atomic mass is 16.5. The normalized spacial score (nSPS) is 10.8. The van der Waals surface area contributed by atoms with Crippen LogP contribution < -0.4 is 14.8 Å². The van der Waals surface area contributed by atoms with Gasteiger partial charge in [0.2, 0.25) is 0 Å². The number of hydrogen-bond donors (Lipinski definition) is 1. The van der Waals surface area contributed by atoms with Crippen LogP contribution >= 0.6 is 0 Å². The average Bonchev–Trinajstić information content (AvgIpc) is 3.42. The molecule has 1 N–H and O–H groups in total. The van der Waals surface area contributed by atoms with Crippen molar-refractivity contribution < 1.29 is 14.3 Å². The van der Waals surface area contributed by atoms with Gasteiger partial charge in [0.15, 0.2) is 19.2 Å². The zero-order valence-electron chi connectivity index (χ0n) is 19.2. The van der Waals surface area contributed by atoms with Crippen molar-refractivity contribution in [3.05, 3.63) is 89.0 Å². The van der Waals surface area contributed by atoms with Crippen molar-refractivity contribution in [2.45, 2.75) is 41.2 Å². The number of nitrogens with zero attached hydrogens (tertiary/aromatic N) is 4. The minimum absolute atomic E-state index is 0.213. The van der Waals surface area contributed by atoms with Gasteiger partial charge < -0.3 is 14.8 Å². The van der Waals surface area contributed by atoms with E-state index >= 15 is 0 Å². The van der Waals surface area contributed by atoms with Crippen molar-refractivity contribution >= 4 is 11.6 Å². The molecule has 8 nitrogen and oxygen atoms in total. The van der Waals surface area contributed by atoms with Gasteiger partial charge in [-0.3, -0.25) is 4.79 Å². The fourth-order valence-corrected chi connectivity index (χ4v) is 3.44. The Labute approximate surface area is 192 Å². The molecule has 0 aliphatic rings. The van der Waals surface area contributed by atoms with Crippen molar-refractivity contribution in [2.75, 3.05) is 5.32 Å². The summed E-state index contributed by atoms with van der Waals surface area (Å²) in [6.07, 6.45) is 4.99. The Morgan fingerprint density at radius 1 is 0.879 bits per heavy atom. The highest BCUT2D eigenvalue weighted by Gasteiger charge is 2.12. The van der Waals surface area contributed by atoms with Gasteiger partial charge in [0.1, 0.15) is 11.5 Å². The van der Waals surface area contributed by atoms with Crippen LogP contribution in [-0.2, 0) is 13.5 Å². The fraction of sp³-hybridized carbons (Fsp3) is 0.240. The summed E-state index contributed by atoms with van der Waals surface area (Å²) in [5.41, 5.74) is 5.33. The number of carbonyl (C=O) groups is 1. The van der Waals surface area contributed by atoms with Gasteiger partial charge >= 0.3 is 0 Å². The van der Waals surface area contributed by atoms with E-state index in [1.54, 1.807) is 34.0 Å². The summed E-state index contributed by atoms with van der Waals surface area (Å²) >= 11 is 0. The molecule has 4 aromatic rings. The number of carbonyl (C=O) groups excluding carboxylic acids is 1. The number of ether oxygens (including phenoxy) is 2. The van der Waals surface area contributed by atoms with Gasteiger partial charge in [0.25, 0.3) is 5.91 Å². The standard InChI is InChI=1S/C25H27N5O3/c1-17-5-7-23(19(3)11-17)32-15-29-10-9-22(28-29)25(31)27-21-13-26-30(14-21)16-33-24-8-6-18(2)12-20(24)4/h5-14H,15-16H2,1-4H3,(H,27,31). The lowest BCUT2D eigenvalue weighted by Crippen LogP contribution is -2.14. The predicted molar refractivity (Wildman–Crippen MR) is 125 cm³/mol. The van der Waals surface area contributed by atoms with Crippen LogP contribution in [0.3, 0.4) is 0 Å². The number of rotatable bonds is 8. The molecule has 33 heavy (non-hydrogen) atoms. The SMILES string of the molecule is Cc1ccc(OCn2cc(NC(=O)c3ccn(COc4ccc(C)cc4C)n3)cn2)c(C)c1. The molecule has 0 saturated heterocycles. The molecule has 1 amide bonds. The highest BCUT2D eigenvalue weighted by Crippen LogP contribution is 2.20. The van der Waals surface area contributed by atoms with Gasteiger partial charge in [-0.1, -0.05) is 35.4 Å². The molecular weight excluding hydrogens is 418 g/mol. The van der Waals surface area contributed by atoms with Crippen molar-refractivity contribution in [2.24, 2.45) is 0 Å². The molecule has 0 saturated carbocycles.